The fourth-order valence-corrected chi connectivity index (χ4v) is 3.99. The second-order valence-corrected chi connectivity index (χ2v) is 8.35. The number of benzene rings is 2. The summed E-state index contributed by atoms with van der Waals surface area (Å²) in [6.07, 6.45) is 6.69. The van der Waals surface area contributed by atoms with Crippen LogP contribution in [0.2, 0.25) is 0 Å². The molecule has 1 aliphatic rings. The van der Waals surface area contributed by atoms with Crippen LogP contribution in [-0.2, 0) is 0 Å². The third-order valence-electron chi connectivity index (χ3n) is 5.74. The van der Waals surface area contributed by atoms with E-state index >= 15 is 0 Å². The maximum Gasteiger partial charge on any atom is 0.251 e. The Balaban J connectivity index is 1.29. The summed E-state index contributed by atoms with van der Waals surface area (Å²) in [5.41, 5.74) is 3.70. The molecule has 1 aliphatic heterocycles. The fourth-order valence-electron chi connectivity index (χ4n) is 3.99. The lowest BCUT2D eigenvalue weighted by atomic mass is 10.1. The van der Waals surface area contributed by atoms with Gasteiger partial charge in [0.1, 0.15) is 5.82 Å². The molecule has 0 spiro atoms. The van der Waals surface area contributed by atoms with Gasteiger partial charge in [-0.3, -0.25) is 4.79 Å². The minimum Gasteiger partial charge on any atom is -0.352 e. The molecule has 6 heteroatoms. The molecule has 1 saturated heterocycles. The zero-order valence-electron chi connectivity index (χ0n) is 18.7. The summed E-state index contributed by atoms with van der Waals surface area (Å²) in [5.74, 6) is 1.37. The average molecular weight is 430 g/mol. The van der Waals surface area contributed by atoms with Gasteiger partial charge < -0.3 is 15.5 Å². The number of aryl methyl sites for hydroxylation is 1. The maximum atomic E-state index is 12.4. The standard InChI is InChI=1S/C26H31N5O/c1-20-7-5-8-22(19-20)25-27-15-13-24(30-25)29-23-11-9-21(10-12-23)26(32)28-14-6-18-31-16-3-2-4-17-31/h5,7-13,15,19H,2-4,6,14,16-18H2,1H3,(H,28,32)(H,27,29,30). The van der Waals surface area contributed by atoms with E-state index < -0.39 is 0 Å². The van der Waals surface area contributed by atoms with Crippen molar-refractivity contribution in [2.24, 2.45) is 0 Å². The number of likely N-dealkylation sites (tertiary alicyclic amines) is 1. The SMILES string of the molecule is Cc1cccc(-c2nccc(Nc3ccc(C(=O)NCCCN4CCCCC4)cc3)n2)c1. The predicted molar refractivity (Wildman–Crippen MR) is 129 cm³/mol. The summed E-state index contributed by atoms with van der Waals surface area (Å²) in [6, 6.07) is 17.4. The third kappa shape index (κ3) is 6.14. The van der Waals surface area contributed by atoms with Crippen molar-refractivity contribution < 1.29 is 4.79 Å². The van der Waals surface area contributed by atoms with Crippen LogP contribution in [0.4, 0.5) is 11.5 Å². The van der Waals surface area contributed by atoms with Crippen LogP contribution in [0.1, 0.15) is 41.6 Å². The van der Waals surface area contributed by atoms with E-state index in [1.54, 1.807) is 6.20 Å². The quantitative estimate of drug-likeness (QED) is 0.503. The summed E-state index contributed by atoms with van der Waals surface area (Å²) in [5, 5.41) is 6.33. The van der Waals surface area contributed by atoms with E-state index in [0.29, 0.717) is 23.8 Å². The fraction of sp³-hybridized carbons (Fsp3) is 0.346. The highest BCUT2D eigenvalue weighted by Crippen LogP contribution is 2.20. The molecule has 0 bridgehead atoms. The lowest BCUT2D eigenvalue weighted by Gasteiger charge is -2.26. The van der Waals surface area contributed by atoms with Gasteiger partial charge in [0.25, 0.3) is 5.91 Å². The Morgan fingerprint density at radius 1 is 1.03 bits per heavy atom. The van der Waals surface area contributed by atoms with Crippen molar-refractivity contribution in [1.29, 1.82) is 0 Å². The van der Waals surface area contributed by atoms with Gasteiger partial charge in [0.15, 0.2) is 5.82 Å². The Morgan fingerprint density at radius 3 is 2.62 bits per heavy atom. The lowest BCUT2D eigenvalue weighted by Crippen LogP contribution is -2.33. The van der Waals surface area contributed by atoms with Crippen LogP contribution in [0.3, 0.4) is 0 Å². The van der Waals surface area contributed by atoms with Crippen molar-refractivity contribution >= 4 is 17.4 Å². The second-order valence-electron chi connectivity index (χ2n) is 8.35. The van der Waals surface area contributed by atoms with Crippen LogP contribution in [0.15, 0.2) is 60.8 Å². The van der Waals surface area contributed by atoms with Gasteiger partial charge in [0, 0.05) is 29.6 Å². The van der Waals surface area contributed by atoms with Crippen molar-refractivity contribution in [3.63, 3.8) is 0 Å². The van der Waals surface area contributed by atoms with Crippen molar-refractivity contribution in [3.05, 3.63) is 71.9 Å². The van der Waals surface area contributed by atoms with E-state index in [9.17, 15) is 4.79 Å². The summed E-state index contributed by atoms with van der Waals surface area (Å²) < 4.78 is 0. The Morgan fingerprint density at radius 2 is 1.84 bits per heavy atom. The van der Waals surface area contributed by atoms with Crippen LogP contribution in [0.5, 0.6) is 0 Å². The lowest BCUT2D eigenvalue weighted by molar-refractivity contribution is 0.0951. The summed E-state index contributed by atoms with van der Waals surface area (Å²) in [7, 11) is 0. The van der Waals surface area contributed by atoms with Crippen LogP contribution in [0.25, 0.3) is 11.4 Å². The van der Waals surface area contributed by atoms with Crippen molar-refractivity contribution in [2.45, 2.75) is 32.6 Å². The van der Waals surface area contributed by atoms with Crippen molar-refractivity contribution in [3.8, 4) is 11.4 Å². The Hall–Kier alpha value is -3.25. The molecule has 2 N–H and O–H groups in total. The van der Waals surface area contributed by atoms with Gasteiger partial charge in [-0.15, -0.1) is 0 Å². The Bertz CT molecular complexity index is 1030. The van der Waals surface area contributed by atoms with Crippen LogP contribution < -0.4 is 10.6 Å². The van der Waals surface area contributed by atoms with E-state index in [0.717, 1.165) is 24.2 Å². The molecular formula is C26H31N5O. The number of carbonyl (C=O) groups excluding carboxylic acids is 1. The van der Waals surface area contributed by atoms with Gasteiger partial charge in [0.2, 0.25) is 0 Å². The minimum absolute atomic E-state index is 0.0287. The van der Waals surface area contributed by atoms with E-state index in [4.69, 9.17) is 0 Å². The first-order valence-corrected chi connectivity index (χ1v) is 11.5. The van der Waals surface area contributed by atoms with E-state index in [1.807, 2.05) is 42.5 Å². The molecule has 0 aliphatic carbocycles. The smallest absolute Gasteiger partial charge is 0.251 e. The van der Waals surface area contributed by atoms with Gasteiger partial charge in [-0.05, 0) is 82.2 Å². The number of nitrogens with one attached hydrogen (secondary N) is 2. The first kappa shape index (κ1) is 22.0. The highest BCUT2D eigenvalue weighted by molar-refractivity contribution is 5.94. The number of anilines is 2. The third-order valence-corrected chi connectivity index (χ3v) is 5.74. The zero-order valence-corrected chi connectivity index (χ0v) is 18.7. The first-order chi connectivity index (χ1) is 15.7. The highest BCUT2D eigenvalue weighted by atomic mass is 16.1. The van der Waals surface area contributed by atoms with Gasteiger partial charge in [0.05, 0.1) is 0 Å². The number of hydrogen-bond acceptors (Lipinski definition) is 5. The maximum absolute atomic E-state index is 12.4. The van der Waals surface area contributed by atoms with Gasteiger partial charge in [-0.25, -0.2) is 9.97 Å². The Kier molecular flexibility index (Phi) is 7.46. The zero-order chi connectivity index (χ0) is 22.2. The van der Waals surface area contributed by atoms with Crippen molar-refractivity contribution in [1.82, 2.24) is 20.2 Å². The molecule has 2 heterocycles. The van der Waals surface area contributed by atoms with Crippen LogP contribution in [0, 0.1) is 6.92 Å². The molecule has 0 unspecified atom stereocenters. The minimum atomic E-state index is -0.0287. The molecule has 6 nitrogen and oxygen atoms in total. The molecule has 2 aromatic carbocycles. The summed E-state index contributed by atoms with van der Waals surface area (Å²) >= 11 is 0. The van der Waals surface area contributed by atoms with E-state index in [1.165, 1.54) is 37.9 Å². The number of piperidine rings is 1. The predicted octanol–water partition coefficient (Wildman–Crippen LogP) is 4.80. The number of nitrogens with zero attached hydrogens (tertiary/aromatic N) is 3. The number of aromatic nitrogens is 2. The van der Waals surface area contributed by atoms with Gasteiger partial charge in [-0.1, -0.05) is 30.2 Å². The molecule has 4 rings (SSSR count). The molecule has 1 fully saturated rings. The molecule has 0 radical (unpaired) electrons. The largest absolute Gasteiger partial charge is 0.352 e. The molecule has 1 aromatic heterocycles. The van der Waals surface area contributed by atoms with Gasteiger partial charge >= 0.3 is 0 Å². The molecule has 0 saturated carbocycles. The van der Waals surface area contributed by atoms with Crippen LogP contribution >= 0.6 is 0 Å². The number of carbonyl (C=O) groups is 1. The molecule has 32 heavy (non-hydrogen) atoms. The highest BCUT2D eigenvalue weighted by Gasteiger charge is 2.10. The van der Waals surface area contributed by atoms with Crippen molar-refractivity contribution in [2.75, 3.05) is 31.5 Å². The number of rotatable bonds is 8. The normalized spacial score (nSPS) is 14.2. The molecule has 0 atom stereocenters. The average Bonchev–Trinajstić information content (AvgIpc) is 2.83. The topological polar surface area (TPSA) is 70.2 Å². The van der Waals surface area contributed by atoms with Crippen LogP contribution in [-0.4, -0.2) is 47.0 Å². The monoisotopic (exact) mass is 429 g/mol. The number of hydrogen-bond donors (Lipinski definition) is 2. The molecule has 3 aromatic rings. The molecule has 1 amide bonds. The molecule has 166 valence electrons. The summed E-state index contributed by atoms with van der Waals surface area (Å²) in [4.78, 5) is 23.9. The van der Waals surface area contributed by atoms with E-state index in [-0.39, 0.29) is 5.91 Å². The summed E-state index contributed by atoms with van der Waals surface area (Å²) in [6.45, 7) is 6.21. The number of amides is 1. The van der Waals surface area contributed by atoms with E-state index in [2.05, 4.69) is 44.6 Å². The van der Waals surface area contributed by atoms with Gasteiger partial charge in [-0.2, -0.15) is 0 Å². The second kappa shape index (κ2) is 10.9. The first-order valence-electron chi connectivity index (χ1n) is 11.5. The Labute approximate surface area is 190 Å². The molecular weight excluding hydrogens is 398 g/mol.